The number of aromatic amines is 2. The van der Waals surface area contributed by atoms with Crippen molar-refractivity contribution < 1.29 is 10.0 Å². The summed E-state index contributed by atoms with van der Waals surface area (Å²) in [5.41, 5.74) is 6.16. The van der Waals surface area contributed by atoms with E-state index in [9.17, 15) is 15.2 Å². The van der Waals surface area contributed by atoms with E-state index in [2.05, 4.69) is 38.9 Å². The lowest BCUT2D eigenvalue weighted by atomic mass is 9.98. The second-order valence-corrected chi connectivity index (χ2v) is 10.4. The molecule has 0 saturated carbocycles. The number of hydrogen-bond acceptors (Lipinski definition) is 6. The van der Waals surface area contributed by atoms with E-state index in [4.69, 9.17) is 4.99 Å². The fourth-order valence-electron chi connectivity index (χ4n) is 5.44. The molecule has 41 heavy (non-hydrogen) atoms. The van der Waals surface area contributed by atoms with E-state index in [0.29, 0.717) is 27.9 Å². The summed E-state index contributed by atoms with van der Waals surface area (Å²) in [5.74, 6) is 0.843. The molecule has 0 radical (unpaired) electrons. The van der Waals surface area contributed by atoms with Crippen molar-refractivity contribution in [3.63, 3.8) is 0 Å². The van der Waals surface area contributed by atoms with Crippen molar-refractivity contribution in [3.8, 4) is 17.1 Å². The number of nitro benzene ring substituents is 1. The Kier molecular flexibility index (Phi) is 7.35. The number of H-pyrrole nitrogens is 2. The SMILES string of the molecule is CCc1ncc(-c2ccc(N=C(c3ccc(CCN4CCCC4)cc3)c3c(O)[nH]c4ccc([N+](=O)[O-])cc34)cc2)[nH]1. The van der Waals surface area contributed by atoms with Gasteiger partial charge in [-0.3, -0.25) is 10.1 Å². The van der Waals surface area contributed by atoms with Crippen LogP contribution in [-0.2, 0) is 12.8 Å². The molecule has 1 aliphatic rings. The van der Waals surface area contributed by atoms with Gasteiger partial charge in [-0.1, -0.05) is 43.3 Å². The largest absolute Gasteiger partial charge is 0.494 e. The molecule has 3 aromatic carbocycles. The molecule has 1 fully saturated rings. The van der Waals surface area contributed by atoms with Gasteiger partial charge in [0.15, 0.2) is 5.88 Å². The van der Waals surface area contributed by atoms with Crippen LogP contribution in [0.3, 0.4) is 0 Å². The van der Waals surface area contributed by atoms with Gasteiger partial charge in [0.1, 0.15) is 5.82 Å². The predicted octanol–water partition coefficient (Wildman–Crippen LogP) is 6.54. The molecular formula is C32H32N6O3. The van der Waals surface area contributed by atoms with E-state index >= 15 is 0 Å². The van der Waals surface area contributed by atoms with Gasteiger partial charge >= 0.3 is 0 Å². The second-order valence-electron chi connectivity index (χ2n) is 10.4. The van der Waals surface area contributed by atoms with Gasteiger partial charge in [-0.2, -0.15) is 0 Å². The third-order valence-corrected chi connectivity index (χ3v) is 7.74. The summed E-state index contributed by atoms with van der Waals surface area (Å²) in [6.45, 7) is 5.42. The second kappa shape index (κ2) is 11.4. The fourth-order valence-corrected chi connectivity index (χ4v) is 5.44. The monoisotopic (exact) mass is 548 g/mol. The molecule has 9 nitrogen and oxygen atoms in total. The van der Waals surface area contributed by atoms with Gasteiger partial charge in [0, 0.05) is 41.6 Å². The zero-order valence-electron chi connectivity index (χ0n) is 22.9. The summed E-state index contributed by atoms with van der Waals surface area (Å²) < 4.78 is 0. The third-order valence-electron chi connectivity index (χ3n) is 7.74. The Balaban J connectivity index is 1.39. The molecular weight excluding hydrogens is 516 g/mol. The van der Waals surface area contributed by atoms with Gasteiger partial charge in [0.2, 0.25) is 0 Å². The molecule has 3 N–H and O–H groups in total. The molecule has 3 heterocycles. The Morgan fingerprint density at radius 3 is 2.49 bits per heavy atom. The standard InChI is InChI=1S/C32H32N6O3/c1-2-29-33-20-28(35-29)22-9-11-24(12-10-22)34-31(23-7-5-21(6-8-23)15-18-37-16-3-4-17-37)30-26-19-25(38(40)41)13-14-27(26)36-32(30)39/h5-14,19-20,36,39H,2-4,15-18H2,1H3,(H,33,35). The molecule has 9 heteroatoms. The molecule has 0 bridgehead atoms. The number of likely N-dealkylation sites (tertiary alicyclic amines) is 1. The maximum atomic E-state index is 11.5. The first-order chi connectivity index (χ1) is 20.0. The number of aliphatic imine (C=N–C) groups is 1. The van der Waals surface area contributed by atoms with Crippen LogP contribution in [-0.4, -0.2) is 55.2 Å². The number of fused-ring (bicyclic) bond motifs is 1. The molecule has 0 aliphatic carbocycles. The minimum Gasteiger partial charge on any atom is -0.494 e. The lowest BCUT2D eigenvalue weighted by molar-refractivity contribution is -0.384. The Morgan fingerprint density at radius 1 is 1.05 bits per heavy atom. The quantitative estimate of drug-likeness (QED) is 0.110. The average molecular weight is 549 g/mol. The van der Waals surface area contributed by atoms with Gasteiger partial charge < -0.3 is 20.0 Å². The van der Waals surface area contributed by atoms with Crippen LogP contribution < -0.4 is 0 Å². The molecule has 0 unspecified atom stereocenters. The Bertz CT molecular complexity index is 1710. The van der Waals surface area contributed by atoms with Crippen molar-refractivity contribution in [3.05, 3.63) is 106 Å². The molecule has 5 aromatic rings. The normalized spacial score (nSPS) is 14.2. The molecule has 1 aliphatic heterocycles. The summed E-state index contributed by atoms with van der Waals surface area (Å²) in [7, 11) is 0. The minimum atomic E-state index is -0.433. The maximum Gasteiger partial charge on any atom is 0.270 e. The Morgan fingerprint density at radius 2 is 1.80 bits per heavy atom. The van der Waals surface area contributed by atoms with Gasteiger partial charge in [-0.15, -0.1) is 0 Å². The molecule has 208 valence electrons. The average Bonchev–Trinajstić information content (AvgIpc) is 3.75. The number of rotatable bonds is 9. The minimum absolute atomic E-state index is 0.0512. The number of aromatic nitrogens is 3. The lowest BCUT2D eigenvalue weighted by Crippen LogP contribution is -2.21. The fraction of sp³-hybridized carbons (Fsp3) is 0.250. The molecule has 0 amide bonds. The van der Waals surface area contributed by atoms with E-state index in [0.717, 1.165) is 42.0 Å². The van der Waals surface area contributed by atoms with E-state index in [1.54, 1.807) is 6.07 Å². The van der Waals surface area contributed by atoms with Crippen LogP contribution >= 0.6 is 0 Å². The van der Waals surface area contributed by atoms with Gasteiger partial charge in [0.25, 0.3) is 5.69 Å². The topological polar surface area (TPSA) is 123 Å². The first-order valence-corrected chi connectivity index (χ1v) is 14.0. The maximum absolute atomic E-state index is 11.5. The highest BCUT2D eigenvalue weighted by Gasteiger charge is 2.21. The first kappa shape index (κ1) is 26.5. The van der Waals surface area contributed by atoms with Crippen LogP contribution in [0.1, 0.15) is 42.3 Å². The molecule has 1 saturated heterocycles. The molecule has 0 atom stereocenters. The highest BCUT2D eigenvalue weighted by molar-refractivity contribution is 6.22. The van der Waals surface area contributed by atoms with E-state index in [1.165, 1.54) is 43.6 Å². The van der Waals surface area contributed by atoms with Crippen molar-refractivity contribution in [2.45, 2.75) is 32.6 Å². The zero-order chi connectivity index (χ0) is 28.3. The Hall–Kier alpha value is -4.76. The number of nitrogens with one attached hydrogen (secondary N) is 2. The number of imidazole rings is 1. The third kappa shape index (κ3) is 5.62. The van der Waals surface area contributed by atoms with E-state index < -0.39 is 4.92 Å². The smallest absolute Gasteiger partial charge is 0.270 e. The number of nitro groups is 1. The van der Waals surface area contributed by atoms with Crippen LogP contribution in [0.25, 0.3) is 22.2 Å². The first-order valence-electron chi connectivity index (χ1n) is 14.0. The van der Waals surface area contributed by atoms with Gasteiger partial charge in [0.05, 0.1) is 33.8 Å². The lowest BCUT2D eigenvalue weighted by Gasteiger charge is -2.14. The van der Waals surface area contributed by atoms with Crippen LogP contribution in [0.5, 0.6) is 5.88 Å². The summed E-state index contributed by atoms with van der Waals surface area (Å²) in [4.78, 5) is 29.3. The number of aryl methyl sites for hydroxylation is 1. The van der Waals surface area contributed by atoms with Crippen LogP contribution in [0.2, 0.25) is 0 Å². The Labute approximate surface area is 237 Å². The van der Waals surface area contributed by atoms with Gasteiger partial charge in [-0.05, 0) is 61.7 Å². The number of benzene rings is 3. The number of nitrogens with zero attached hydrogens (tertiary/aromatic N) is 4. The number of non-ortho nitro benzene ring substituents is 1. The zero-order valence-corrected chi connectivity index (χ0v) is 22.9. The highest BCUT2D eigenvalue weighted by atomic mass is 16.6. The summed E-state index contributed by atoms with van der Waals surface area (Å²) in [5, 5.41) is 23.1. The van der Waals surface area contributed by atoms with Crippen molar-refractivity contribution in [2.24, 2.45) is 4.99 Å². The van der Waals surface area contributed by atoms with Gasteiger partial charge in [-0.25, -0.2) is 9.98 Å². The van der Waals surface area contributed by atoms with Crippen molar-refractivity contribution in [2.75, 3.05) is 19.6 Å². The van der Waals surface area contributed by atoms with Crippen LogP contribution in [0.4, 0.5) is 11.4 Å². The predicted molar refractivity (Wildman–Crippen MR) is 161 cm³/mol. The van der Waals surface area contributed by atoms with Crippen LogP contribution in [0.15, 0.2) is 77.9 Å². The van der Waals surface area contributed by atoms with Crippen molar-refractivity contribution in [1.29, 1.82) is 0 Å². The van der Waals surface area contributed by atoms with Crippen LogP contribution in [0, 0.1) is 10.1 Å². The number of hydrogen-bond donors (Lipinski definition) is 3. The number of aromatic hydroxyl groups is 1. The molecule has 2 aromatic heterocycles. The highest BCUT2D eigenvalue weighted by Crippen LogP contribution is 2.34. The summed E-state index contributed by atoms with van der Waals surface area (Å²) in [6, 6.07) is 20.5. The molecule has 6 rings (SSSR count). The van der Waals surface area contributed by atoms with Crippen molar-refractivity contribution >= 4 is 28.0 Å². The van der Waals surface area contributed by atoms with E-state index in [1.807, 2.05) is 42.6 Å². The summed E-state index contributed by atoms with van der Waals surface area (Å²) in [6.07, 6.45) is 6.16. The van der Waals surface area contributed by atoms with Crippen molar-refractivity contribution in [1.82, 2.24) is 19.9 Å². The summed E-state index contributed by atoms with van der Waals surface area (Å²) >= 11 is 0. The van der Waals surface area contributed by atoms with E-state index in [-0.39, 0.29) is 11.6 Å². The molecule has 0 spiro atoms.